The minimum Gasteiger partial charge on any atom is -0.478 e. The lowest BCUT2D eigenvalue weighted by Gasteiger charge is -2.16. The first kappa shape index (κ1) is 11.3. The first-order valence-corrected chi connectivity index (χ1v) is 5.62. The highest BCUT2D eigenvalue weighted by Gasteiger charge is 2.10. The molecule has 0 amide bonds. The van der Waals surface area contributed by atoms with Crippen molar-refractivity contribution in [2.24, 2.45) is 5.92 Å². The zero-order valence-corrected chi connectivity index (χ0v) is 8.96. The molecule has 0 saturated heterocycles. The summed E-state index contributed by atoms with van der Waals surface area (Å²) in [4.78, 5) is 10.7. The van der Waals surface area contributed by atoms with Gasteiger partial charge >= 0.3 is 5.97 Å². The molecule has 2 heteroatoms. The van der Waals surface area contributed by atoms with Crippen molar-refractivity contribution in [1.29, 1.82) is 0 Å². The Morgan fingerprint density at radius 3 is 2.14 bits per heavy atom. The van der Waals surface area contributed by atoms with Gasteiger partial charge in [0, 0.05) is 5.57 Å². The molecule has 1 rings (SSSR count). The quantitative estimate of drug-likeness (QED) is 0.687. The van der Waals surface area contributed by atoms with Crippen LogP contribution in [0, 0.1) is 5.92 Å². The van der Waals surface area contributed by atoms with Crippen LogP contribution in [0.1, 0.15) is 51.9 Å². The molecular formula is C12H20O2. The molecule has 1 N–H and O–H groups in total. The van der Waals surface area contributed by atoms with Crippen LogP contribution in [0.3, 0.4) is 0 Å². The highest BCUT2D eigenvalue weighted by atomic mass is 16.4. The number of rotatable bonds is 2. The Balaban J connectivity index is 2.48. The molecule has 0 spiro atoms. The zero-order chi connectivity index (χ0) is 10.4. The van der Waals surface area contributed by atoms with Crippen molar-refractivity contribution >= 4 is 5.97 Å². The van der Waals surface area contributed by atoms with E-state index in [4.69, 9.17) is 5.11 Å². The molecule has 0 aliphatic heterocycles. The molecule has 0 aromatic heterocycles. The number of aliphatic carboxylic acids is 1. The average Bonchev–Trinajstić information content (AvgIpc) is 2.08. The maximum Gasteiger partial charge on any atom is 0.330 e. The van der Waals surface area contributed by atoms with Gasteiger partial charge in [-0.15, -0.1) is 0 Å². The molecule has 0 radical (unpaired) electrons. The number of carboxylic acids is 1. The second-order valence-corrected chi connectivity index (χ2v) is 4.26. The van der Waals surface area contributed by atoms with Gasteiger partial charge in [-0.25, -0.2) is 4.79 Å². The smallest absolute Gasteiger partial charge is 0.330 e. The van der Waals surface area contributed by atoms with Gasteiger partial charge < -0.3 is 5.11 Å². The summed E-state index contributed by atoms with van der Waals surface area (Å²) in [6, 6.07) is 0. The average molecular weight is 196 g/mol. The maximum absolute atomic E-state index is 10.7. The van der Waals surface area contributed by atoms with Gasteiger partial charge in [-0.05, 0) is 25.7 Å². The van der Waals surface area contributed by atoms with E-state index >= 15 is 0 Å². The van der Waals surface area contributed by atoms with Crippen molar-refractivity contribution in [3.8, 4) is 0 Å². The molecule has 0 bridgehead atoms. The number of carboxylic acid groups (broad SMARTS) is 1. The van der Waals surface area contributed by atoms with Crippen LogP contribution in [0.5, 0.6) is 0 Å². The first-order chi connectivity index (χ1) is 6.70. The van der Waals surface area contributed by atoms with E-state index in [1.165, 1.54) is 44.9 Å². The third kappa shape index (κ3) is 3.95. The van der Waals surface area contributed by atoms with Crippen LogP contribution in [-0.2, 0) is 4.79 Å². The summed E-state index contributed by atoms with van der Waals surface area (Å²) in [5.41, 5.74) is 0.510. The first-order valence-electron chi connectivity index (χ1n) is 5.62. The molecule has 1 aliphatic rings. The van der Waals surface area contributed by atoms with Gasteiger partial charge in [-0.1, -0.05) is 38.2 Å². The van der Waals surface area contributed by atoms with Crippen LogP contribution < -0.4 is 0 Å². The Morgan fingerprint density at radius 1 is 1.14 bits per heavy atom. The highest BCUT2D eigenvalue weighted by Crippen LogP contribution is 2.24. The minimum absolute atomic E-state index is 0.506. The van der Waals surface area contributed by atoms with Crippen molar-refractivity contribution in [1.82, 2.24) is 0 Å². The van der Waals surface area contributed by atoms with Crippen molar-refractivity contribution in [3.63, 3.8) is 0 Å². The fourth-order valence-corrected chi connectivity index (χ4v) is 2.08. The summed E-state index contributed by atoms with van der Waals surface area (Å²) in [7, 11) is 0. The predicted octanol–water partition coefficient (Wildman–Crippen LogP) is 3.38. The standard InChI is InChI=1S/C12H20O2/c1-10(12(13)14)9-11-7-5-3-2-4-6-8-11/h9,11H,2-8H2,1H3,(H,13,14). The number of carbonyl (C=O) groups is 1. The summed E-state index contributed by atoms with van der Waals surface area (Å²) < 4.78 is 0. The third-order valence-corrected chi connectivity index (χ3v) is 2.97. The van der Waals surface area contributed by atoms with Gasteiger partial charge in [0.1, 0.15) is 0 Å². The second-order valence-electron chi connectivity index (χ2n) is 4.26. The highest BCUT2D eigenvalue weighted by molar-refractivity contribution is 5.85. The summed E-state index contributed by atoms with van der Waals surface area (Å²) in [6.45, 7) is 1.70. The van der Waals surface area contributed by atoms with Crippen molar-refractivity contribution < 1.29 is 9.90 Å². The molecule has 0 aromatic carbocycles. The maximum atomic E-state index is 10.7. The van der Waals surface area contributed by atoms with E-state index < -0.39 is 5.97 Å². The molecule has 0 heterocycles. The van der Waals surface area contributed by atoms with Crippen LogP contribution >= 0.6 is 0 Å². The van der Waals surface area contributed by atoms with E-state index in [-0.39, 0.29) is 0 Å². The van der Waals surface area contributed by atoms with E-state index in [1.807, 2.05) is 6.08 Å². The van der Waals surface area contributed by atoms with Crippen molar-refractivity contribution in [2.75, 3.05) is 0 Å². The largest absolute Gasteiger partial charge is 0.478 e. The molecule has 0 unspecified atom stereocenters. The van der Waals surface area contributed by atoms with E-state index in [9.17, 15) is 4.79 Å². The summed E-state index contributed by atoms with van der Waals surface area (Å²) in [5.74, 6) is -0.265. The van der Waals surface area contributed by atoms with E-state index in [2.05, 4.69) is 0 Å². The molecule has 0 aromatic rings. The third-order valence-electron chi connectivity index (χ3n) is 2.97. The number of allylic oxidation sites excluding steroid dienone is 1. The topological polar surface area (TPSA) is 37.3 Å². The Kier molecular flexibility index (Phi) is 4.71. The summed E-state index contributed by atoms with van der Waals surface area (Å²) in [5, 5.41) is 8.77. The number of hydrogen-bond donors (Lipinski definition) is 1. The molecule has 1 fully saturated rings. The SMILES string of the molecule is CC(=CC1CCCCCCC1)C(=O)O. The van der Waals surface area contributed by atoms with Crippen LogP contribution in [-0.4, -0.2) is 11.1 Å². The van der Waals surface area contributed by atoms with Gasteiger partial charge in [0.15, 0.2) is 0 Å². The minimum atomic E-state index is -0.771. The van der Waals surface area contributed by atoms with Gasteiger partial charge in [-0.3, -0.25) is 0 Å². The lowest BCUT2D eigenvalue weighted by atomic mass is 9.90. The second kappa shape index (κ2) is 5.84. The van der Waals surface area contributed by atoms with Crippen molar-refractivity contribution in [3.05, 3.63) is 11.6 Å². The van der Waals surface area contributed by atoms with Gasteiger partial charge in [-0.2, -0.15) is 0 Å². The lowest BCUT2D eigenvalue weighted by molar-refractivity contribution is -0.132. The van der Waals surface area contributed by atoms with Crippen LogP contribution in [0.15, 0.2) is 11.6 Å². The van der Waals surface area contributed by atoms with Gasteiger partial charge in [0.25, 0.3) is 0 Å². The van der Waals surface area contributed by atoms with Crippen LogP contribution in [0.4, 0.5) is 0 Å². The van der Waals surface area contributed by atoms with Gasteiger partial charge in [0.2, 0.25) is 0 Å². The molecule has 1 aliphatic carbocycles. The monoisotopic (exact) mass is 196 g/mol. The molecular weight excluding hydrogens is 176 g/mol. The summed E-state index contributed by atoms with van der Waals surface area (Å²) >= 11 is 0. The molecule has 1 saturated carbocycles. The van der Waals surface area contributed by atoms with E-state index in [0.29, 0.717) is 11.5 Å². The Hall–Kier alpha value is -0.790. The van der Waals surface area contributed by atoms with Gasteiger partial charge in [0.05, 0.1) is 0 Å². The van der Waals surface area contributed by atoms with Crippen molar-refractivity contribution in [2.45, 2.75) is 51.9 Å². The Labute approximate surface area is 86.0 Å². The normalized spacial score (nSPS) is 21.4. The number of hydrogen-bond acceptors (Lipinski definition) is 1. The fraction of sp³-hybridized carbons (Fsp3) is 0.750. The molecule has 14 heavy (non-hydrogen) atoms. The predicted molar refractivity (Wildman–Crippen MR) is 57.2 cm³/mol. The van der Waals surface area contributed by atoms with E-state index in [0.717, 1.165) is 0 Å². The lowest BCUT2D eigenvalue weighted by Crippen LogP contribution is -2.04. The molecule has 2 nitrogen and oxygen atoms in total. The molecule has 0 atom stereocenters. The zero-order valence-electron chi connectivity index (χ0n) is 8.96. The van der Waals surface area contributed by atoms with Crippen LogP contribution in [0.25, 0.3) is 0 Å². The fourth-order valence-electron chi connectivity index (χ4n) is 2.08. The Morgan fingerprint density at radius 2 is 1.64 bits per heavy atom. The molecule has 80 valence electrons. The van der Waals surface area contributed by atoms with E-state index in [1.54, 1.807) is 6.92 Å². The summed E-state index contributed by atoms with van der Waals surface area (Å²) in [6.07, 6.45) is 10.8. The van der Waals surface area contributed by atoms with Crippen LogP contribution in [0.2, 0.25) is 0 Å². The Bertz CT molecular complexity index is 210.